The first-order chi connectivity index (χ1) is 16.1. The number of aromatic nitrogens is 2. The molecular weight excluding hydrogens is 426 g/mol. The average molecular weight is 464 g/mol. The zero-order valence-electron chi connectivity index (χ0n) is 20.8. The van der Waals surface area contributed by atoms with E-state index in [9.17, 15) is 9.90 Å². The maximum absolute atomic E-state index is 12.9. The molecule has 7 nitrogen and oxygen atoms in total. The van der Waals surface area contributed by atoms with Crippen molar-refractivity contribution in [3.05, 3.63) is 52.8 Å². The van der Waals surface area contributed by atoms with Crippen LogP contribution in [0, 0.1) is 22.7 Å². The van der Waals surface area contributed by atoms with Crippen molar-refractivity contribution < 1.29 is 9.90 Å². The summed E-state index contributed by atoms with van der Waals surface area (Å²) in [5, 5.41) is 23.7. The first kappa shape index (κ1) is 24.4. The maximum Gasteiger partial charge on any atom is 0.291 e. The number of amides is 1. The van der Waals surface area contributed by atoms with Crippen molar-refractivity contribution in [3.8, 4) is 6.07 Å². The molecule has 182 valence electrons. The van der Waals surface area contributed by atoms with Gasteiger partial charge in [-0.3, -0.25) is 4.79 Å². The number of aromatic amines is 1. The Morgan fingerprint density at radius 1 is 1.29 bits per heavy atom. The number of carbonyl (C=O) groups excluding carboxylic acids is 1. The van der Waals surface area contributed by atoms with Crippen molar-refractivity contribution in [2.45, 2.75) is 76.9 Å². The molecule has 0 spiro atoms. The molecule has 1 aromatic rings. The van der Waals surface area contributed by atoms with Gasteiger partial charge in [0.05, 0.1) is 11.8 Å². The van der Waals surface area contributed by atoms with Gasteiger partial charge in [-0.1, -0.05) is 26.0 Å². The van der Waals surface area contributed by atoms with Crippen molar-refractivity contribution in [1.82, 2.24) is 20.2 Å². The highest BCUT2D eigenvalue weighted by Crippen LogP contribution is 2.45. The Morgan fingerprint density at radius 3 is 2.62 bits per heavy atom. The Hall–Kier alpha value is -2.69. The van der Waals surface area contributed by atoms with E-state index in [4.69, 9.17) is 5.26 Å². The van der Waals surface area contributed by atoms with Gasteiger partial charge in [-0.15, -0.1) is 0 Å². The smallest absolute Gasteiger partial charge is 0.291 e. The Kier molecular flexibility index (Phi) is 6.84. The van der Waals surface area contributed by atoms with Gasteiger partial charge in [0.1, 0.15) is 11.8 Å². The number of aliphatic hydroxyl groups is 1. The first-order valence-corrected chi connectivity index (χ1v) is 12.4. The monoisotopic (exact) mass is 463 g/mol. The van der Waals surface area contributed by atoms with E-state index >= 15 is 0 Å². The molecule has 1 heterocycles. The number of rotatable bonds is 5. The molecule has 3 N–H and O–H groups in total. The van der Waals surface area contributed by atoms with E-state index in [0.29, 0.717) is 12.5 Å². The zero-order chi connectivity index (χ0) is 24.5. The molecule has 1 amide bonds. The third-order valence-corrected chi connectivity index (χ3v) is 8.01. The summed E-state index contributed by atoms with van der Waals surface area (Å²) in [4.78, 5) is 21.9. The molecule has 1 fully saturated rings. The molecule has 1 aromatic heterocycles. The number of nitrogens with one attached hydrogen (secondary N) is 2. The lowest BCUT2D eigenvalue weighted by Crippen LogP contribution is -2.46. The third kappa shape index (κ3) is 5.18. The lowest BCUT2D eigenvalue weighted by molar-refractivity contribution is -0.0476. The number of carbonyl (C=O) groups is 1. The molecule has 1 atom stereocenters. The van der Waals surface area contributed by atoms with Gasteiger partial charge in [-0.25, -0.2) is 4.98 Å². The number of hydrogen-bond acceptors (Lipinski definition) is 5. The Labute approximate surface area is 202 Å². The van der Waals surface area contributed by atoms with Gasteiger partial charge < -0.3 is 20.3 Å². The molecule has 0 aliphatic heterocycles. The van der Waals surface area contributed by atoms with Gasteiger partial charge in [0.25, 0.3) is 5.91 Å². The zero-order valence-corrected chi connectivity index (χ0v) is 20.8. The van der Waals surface area contributed by atoms with Crippen molar-refractivity contribution >= 4 is 5.91 Å². The van der Waals surface area contributed by atoms with E-state index in [1.54, 1.807) is 0 Å². The first-order valence-electron chi connectivity index (χ1n) is 12.4. The molecule has 3 aliphatic rings. The minimum absolute atomic E-state index is 0.0240. The second-order valence-corrected chi connectivity index (χ2v) is 11.2. The summed E-state index contributed by atoms with van der Waals surface area (Å²) in [6.07, 6.45) is 15.0. The summed E-state index contributed by atoms with van der Waals surface area (Å²) < 4.78 is 0. The highest BCUT2D eigenvalue weighted by molar-refractivity contribution is 5.92. The number of H-pyrrole nitrogens is 1. The van der Waals surface area contributed by atoms with E-state index < -0.39 is 5.60 Å². The van der Waals surface area contributed by atoms with Crippen LogP contribution in [0.25, 0.3) is 0 Å². The fourth-order valence-corrected chi connectivity index (χ4v) is 5.52. The lowest BCUT2D eigenvalue weighted by Gasteiger charge is -2.44. The fraction of sp³-hybridized carbons (Fsp3) is 0.593. The molecule has 1 unspecified atom stereocenters. The normalized spacial score (nSPS) is 29.0. The SMILES string of the molecule is CN(C)C1CCC(O)(C2C=CC(NC(=O)c3ncc(C#N)[nH]3)=C(C3=CCC(C)(C)CC3)C2)CC1. The third-order valence-electron chi connectivity index (χ3n) is 8.01. The van der Waals surface area contributed by atoms with E-state index in [0.717, 1.165) is 56.2 Å². The number of hydrogen-bond donors (Lipinski definition) is 3. The van der Waals surface area contributed by atoms with Crippen LogP contribution in [0.5, 0.6) is 0 Å². The van der Waals surface area contributed by atoms with Crippen LogP contribution in [0.15, 0.2) is 41.3 Å². The highest BCUT2D eigenvalue weighted by atomic mass is 16.3. The summed E-state index contributed by atoms with van der Waals surface area (Å²) in [5.41, 5.74) is 2.97. The molecule has 3 aliphatic carbocycles. The largest absolute Gasteiger partial charge is 0.389 e. The Morgan fingerprint density at radius 2 is 2.03 bits per heavy atom. The molecule has 1 saturated carbocycles. The molecule has 0 radical (unpaired) electrons. The number of nitrogens with zero attached hydrogens (tertiary/aromatic N) is 3. The summed E-state index contributed by atoms with van der Waals surface area (Å²) in [6.45, 7) is 4.58. The van der Waals surface area contributed by atoms with Gasteiger partial charge in [0.2, 0.25) is 0 Å². The minimum Gasteiger partial charge on any atom is -0.389 e. The van der Waals surface area contributed by atoms with Gasteiger partial charge >= 0.3 is 0 Å². The second kappa shape index (κ2) is 9.52. The van der Waals surface area contributed by atoms with Crippen molar-refractivity contribution in [1.29, 1.82) is 5.26 Å². The average Bonchev–Trinajstić information content (AvgIpc) is 3.29. The molecule has 0 bridgehead atoms. The van der Waals surface area contributed by atoms with Crippen LogP contribution >= 0.6 is 0 Å². The lowest BCUT2D eigenvalue weighted by atomic mass is 9.68. The molecular formula is C27H37N5O2. The topological polar surface area (TPSA) is 105 Å². The van der Waals surface area contributed by atoms with Crippen LogP contribution in [0.2, 0.25) is 0 Å². The van der Waals surface area contributed by atoms with Crippen molar-refractivity contribution in [2.75, 3.05) is 14.1 Å². The molecule has 0 saturated heterocycles. The summed E-state index contributed by atoms with van der Waals surface area (Å²) in [5.74, 6) is -0.215. The molecule has 0 aromatic carbocycles. The second-order valence-electron chi connectivity index (χ2n) is 11.2. The van der Waals surface area contributed by atoms with Crippen LogP contribution in [-0.4, -0.2) is 51.6 Å². The van der Waals surface area contributed by atoms with Gasteiger partial charge in [0, 0.05) is 17.7 Å². The van der Waals surface area contributed by atoms with Crippen LogP contribution in [0.4, 0.5) is 0 Å². The van der Waals surface area contributed by atoms with Crippen molar-refractivity contribution in [2.24, 2.45) is 11.3 Å². The van der Waals surface area contributed by atoms with Crippen LogP contribution < -0.4 is 5.32 Å². The minimum atomic E-state index is -0.721. The summed E-state index contributed by atoms with van der Waals surface area (Å²) in [7, 11) is 4.22. The van der Waals surface area contributed by atoms with Gasteiger partial charge in [0.15, 0.2) is 5.82 Å². The Balaban J connectivity index is 1.58. The van der Waals surface area contributed by atoms with Crippen LogP contribution in [0.3, 0.4) is 0 Å². The standard InChI is InChI=1S/C27H37N5O2/c1-26(2)11-7-18(8-12-26)22-15-19(27(34)13-9-21(10-14-27)32(3)4)5-6-23(22)31-25(33)24-29-17-20(16-28)30-24/h5-7,17,19,21,34H,8-15H2,1-4H3,(H,29,30)(H,31,33). The van der Waals surface area contributed by atoms with Gasteiger partial charge in [-0.2, -0.15) is 5.26 Å². The maximum atomic E-state index is 12.9. The molecule has 7 heteroatoms. The fourth-order valence-electron chi connectivity index (χ4n) is 5.52. The number of nitriles is 1. The molecule has 34 heavy (non-hydrogen) atoms. The summed E-state index contributed by atoms with van der Waals surface area (Å²) >= 11 is 0. The van der Waals surface area contributed by atoms with E-state index in [-0.39, 0.29) is 28.8 Å². The van der Waals surface area contributed by atoms with Crippen molar-refractivity contribution in [3.63, 3.8) is 0 Å². The van der Waals surface area contributed by atoms with Crippen LogP contribution in [-0.2, 0) is 0 Å². The van der Waals surface area contributed by atoms with Gasteiger partial charge in [-0.05, 0) is 88.1 Å². The number of allylic oxidation sites excluding steroid dienone is 4. The quantitative estimate of drug-likeness (QED) is 0.607. The summed E-state index contributed by atoms with van der Waals surface area (Å²) in [6, 6.07) is 2.49. The van der Waals surface area contributed by atoms with E-state index in [1.807, 2.05) is 12.1 Å². The predicted octanol–water partition coefficient (Wildman–Crippen LogP) is 4.21. The highest BCUT2D eigenvalue weighted by Gasteiger charge is 2.41. The number of imidazole rings is 1. The molecule has 4 rings (SSSR count). The van der Waals surface area contributed by atoms with E-state index in [1.165, 1.54) is 11.8 Å². The predicted molar refractivity (Wildman–Crippen MR) is 132 cm³/mol. The van der Waals surface area contributed by atoms with Crippen LogP contribution in [0.1, 0.15) is 81.5 Å². The Bertz CT molecular complexity index is 1060. The van der Waals surface area contributed by atoms with E-state index in [2.05, 4.69) is 60.3 Å².